The van der Waals surface area contributed by atoms with E-state index in [1.807, 2.05) is 24.3 Å². The van der Waals surface area contributed by atoms with Crippen molar-refractivity contribution in [1.29, 1.82) is 0 Å². The third-order valence-corrected chi connectivity index (χ3v) is 2.38. The molecule has 1 N–H and O–H groups in total. The van der Waals surface area contributed by atoms with Gasteiger partial charge in [0.25, 0.3) is 0 Å². The van der Waals surface area contributed by atoms with Gasteiger partial charge >= 0.3 is 0 Å². The molecule has 0 saturated heterocycles. The Kier molecular flexibility index (Phi) is 5.43. The minimum absolute atomic E-state index is 0.0702. The van der Waals surface area contributed by atoms with Crippen molar-refractivity contribution in [3.63, 3.8) is 0 Å². The van der Waals surface area contributed by atoms with E-state index in [4.69, 9.17) is 22.2 Å². The van der Waals surface area contributed by atoms with Crippen LogP contribution in [0.15, 0.2) is 29.4 Å². The highest BCUT2D eigenvalue weighted by Crippen LogP contribution is 2.18. The zero-order chi connectivity index (χ0) is 11.8. The van der Waals surface area contributed by atoms with Crippen LogP contribution in [0.4, 0.5) is 0 Å². The van der Waals surface area contributed by atoms with Gasteiger partial charge in [-0.15, -0.1) is 0 Å². The first-order valence-corrected chi connectivity index (χ1v) is 5.22. The van der Waals surface area contributed by atoms with Crippen molar-refractivity contribution in [3.05, 3.63) is 50.9 Å². The Morgan fingerprint density at radius 3 is 3.00 bits per heavy atom. The topological polar surface area (TPSA) is 69.0 Å². The fraction of sp³-hybridized carbons (Fsp3) is 0.273. The average Bonchev–Trinajstić information content (AvgIpc) is 2.31. The van der Waals surface area contributed by atoms with Crippen LogP contribution >= 0.6 is 11.6 Å². The summed E-state index contributed by atoms with van der Waals surface area (Å²) >= 11 is 5.86. The second kappa shape index (κ2) is 6.90. The Morgan fingerprint density at radius 2 is 2.31 bits per heavy atom. The first-order chi connectivity index (χ1) is 7.77. The van der Waals surface area contributed by atoms with Gasteiger partial charge in [0.05, 0.1) is 6.61 Å². The Labute approximate surface area is 98.8 Å². The lowest BCUT2D eigenvalue weighted by molar-refractivity contribution is 0.282. The molecule has 1 aromatic carbocycles. The van der Waals surface area contributed by atoms with Crippen LogP contribution in [0.3, 0.4) is 0 Å². The number of halogens is 1. The third-order valence-electron chi connectivity index (χ3n) is 2.01. The molecule has 1 aromatic rings. The summed E-state index contributed by atoms with van der Waals surface area (Å²) in [6.45, 7) is 0.382. The molecule has 0 aromatic heterocycles. The van der Waals surface area contributed by atoms with Crippen molar-refractivity contribution < 1.29 is 5.11 Å². The lowest BCUT2D eigenvalue weighted by Crippen LogP contribution is -1.85. The van der Waals surface area contributed by atoms with E-state index in [0.29, 0.717) is 23.6 Å². The standard InChI is InChI=1S/C11H12ClN3O/c12-11-5-4-9(7-10(11)8-16)3-1-2-6-14-15-13/h1,3-5,7,16H,2,6,8H2. The molecule has 0 fully saturated rings. The van der Waals surface area contributed by atoms with Gasteiger partial charge in [-0.25, -0.2) is 0 Å². The number of benzene rings is 1. The molecule has 0 aliphatic carbocycles. The molecule has 84 valence electrons. The maximum atomic E-state index is 9.02. The van der Waals surface area contributed by atoms with E-state index in [2.05, 4.69) is 10.0 Å². The molecule has 0 radical (unpaired) electrons. The van der Waals surface area contributed by atoms with Crippen LogP contribution in [0.2, 0.25) is 5.02 Å². The van der Waals surface area contributed by atoms with Crippen molar-refractivity contribution in [2.75, 3.05) is 6.54 Å². The van der Waals surface area contributed by atoms with Gasteiger partial charge < -0.3 is 5.11 Å². The number of nitrogens with zero attached hydrogens (tertiary/aromatic N) is 3. The molecule has 0 aliphatic rings. The average molecular weight is 238 g/mol. The highest BCUT2D eigenvalue weighted by atomic mass is 35.5. The van der Waals surface area contributed by atoms with Crippen LogP contribution in [0.1, 0.15) is 17.5 Å². The second-order valence-corrected chi connectivity index (χ2v) is 3.56. The van der Waals surface area contributed by atoms with Crippen LogP contribution in [0, 0.1) is 0 Å². The van der Waals surface area contributed by atoms with Gasteiger partial charge in [-0.05, 0) is 35.2 Å². The largest absolute Gasteiger partial charge is 0.392 e. The molecule has 0 saturated carbocycles. The van der Waals surface area contributed by atoms with Crippen molar-refractivity contribution in [2.45, 2.75) is 13.0 Å². The smallest absolute Gasteiger partial charge is 0.0696 e. The van der Waals surface area contributed by atoms with Gasteiger partial charge in [-0.3, -0.25) is 0 Å². The minimum Gasteiger partial charge on any atom is -0.392 e. The van der Waals surface area contributed by atoms with Crippen LogP contribution < -0.4 is 0 Å². The van der Waals surface area contributed by atoms with E-state index in [1.54, 1.807) is 6.07 Å². The molecular formula is C11H12ClN3O. The number of hydrogen-bond donors (Lipinski definition) is 1. The molecular weight excluding hydrogens is 226 g/mol. The lowest BCUT2D eigenvalue weighted by Gasteiger charge is -2.01. The molecule has 0 bridgehead atoms. The predicted octanol–water partition coefficient (Wildman–Crippen LogP) is 3.55. The van der Waals surface area contributed by atoms with E-state index >= 15 is 0 Å². The highest BCUT2D eigenvalue weighted by Gasteiger charge is 1.98. The molecule has 0 atom stereocenters. The van der Waals surface area contributed by atoms with Crippen molar-refractivity contribution in [2.24, 2.45) is 5.11 Å². The van der Waals surface area contributed by atoms with E-state index < -0.39 is 0 Å². The predicted molar refractivity (Wildman–Crippen MR) is 65.0 cm³/mol. The quantitative estimate of drug-likeness (QED) is 0.362. The lowest BCUT2D eigenvalue weighted by atomic mass is 10.1. The number of rotatable bonds is 5. The summed E-state index contributed by atoms with van der Waals surface area (Å²) in [7, 11) is 0. The van der Waals surface area contributed by atoms with E-state index in [9.17, 15) is 0 Å². The zero-order valence-electron chi connectivity index (χ0n) is 8.67. The van der Waals surface area contributed by atoms with Gasteiger partial charge in [-0.1, -0.05) is 34.9 Å². The fourth-order valence-corrected chi connectivity index (χ4v) is 1.39. The van der Waals surface area contributed by atoms with E-state index in [-0.39, 0.29) is 6.61 Å². The Bertz CT molecular complexity index is 425. The van der Waals surface area contributed by atoms with Gasteiger partial charge in [-0.2, -0.15) is 0 Å². The molecule has 0 heterocycles. The Morgan fingerprint density at radius 1 is 1.50 bits per heavy atom. The summed E-state index contributed by atoms with van der Waals surface area (Å²) in [4.78, 5) is 2.66. The van der Waals surface area contributed by atoms with Gasteiger partial charge in [0.1, 0.15) is 0 Å². The summed E-state index contributed by atoms with van der Waals surface area (Å²) in [6.07, 6.45) is 4.52. The van der Waals surface area contributed by atoms with Crippen LogP contribution in [-0.2, 0) is 6.61 Å². The molecule has 0 spiro atoms. The maximum absolute atomic E-state index is 9.02. The number of hydrogen-bond acceptors (Lipinski definition) is 2. The summed E-state index contributed by atoms with van der Waals surface area (Å²) in [5.41, 5.74) is 9.75. The first-order valence-electron chi connectivity index (χ1n) is 4.84. The zero-order valence-corrected chi connectivity index (χ0v) is 9.43. The van der Waals surface area contributed by atoms with Crippen molar-refractivity contribution in [1.82, 2.24) is 0 Å². The fourth-order valence-electron chi connectivity index (χ4n) is 1.22. The second-order valence-electron chi connectivity index (χ2n) is 3.15. The summed E-state index contributed by atoms with van der Waals surface area (Å²) in [5.74, 6) is 0. The van der Waals surface area contributed by atoms with Crippen LogP contribution in [-0.4, -0.2) is 11.7 Å². The molecule has 1 rings (SSSR count). The number of azide groups is 1. The first kappa shape index (κ1) is 12.6. The Balaban J connectivity index is 2.63. The highest BCUT2D eigenvalue weighted by molar-refractivity contribution is 6.31. The summed E-state index contributed by atoms with van der Waals surface area (Å²) < 4.78 is 0. The van der Waals surface area contributed by atoms with E-state index in [0.717, 1.165) is 5.56 Å². The van der Waals surface area contributed by atoms with Crippen molar-refractivity contribution >= 4 is 17.7 Å². The van der Waals surface area contributed by atoms with Gasteiger partial charge in [0, 0.05) is 16.5 Å². The van der Waals surface area contributed by atoms with Crippen LogP contribution in [0.5, 0.6) is 0 Å². The molecule has 0 amide bonds. The monoisotopic (exact) mass is 237 g/mol. The molecule has 16 heavy (non-hydrogen) atoms. The van der Waals surface area contributed by atoms with Gasteiger partial charge in [0.15, 0.2) is 0 Å². The number of aliphatic hydroxyl groups is 1. The number of aliphatic hydroxyl groups excluding tert-OH is 1. The molecule has 0 unspecified atom stereocenters. The third kappa shape index (κ3) is 3.95. The van der Waals surface area contributed by atoms with Gasteiger partial charge in [0.2, 0.25) is 0 Å². The van der Waals surface area contributed by atoms with Crippen LogP contribution in [0.25, 0.3) is 16.5 Å². The summed E-state index contributed by atoms with van der Waals surface area (Å²) in [6, 6.07) is 5.44. The SMILES string of the molecule is [N-]=[N+]=NCCC=Cc1ccc(Cl)c(CO)c1. The van der Waals surface area contributed by atoms with Crippen molar-refractivity contribution in [3.8, 4) is 0 Å². The molecule has 0 aliphatic heterocycles. The minimum atomic E-state index is -0.0702. The maximum Gasteiger partial charge on any atom is 0.0696 e. The van der Waals surface area contributed by atoms with E-state index in [1.165, 1.54) is 0 Å². The molecule has 5 heteroatoms. The normalized spacial score (nSPS) is 10.4. The Hall–Kier alpha value is -1.48. The summed E-state index contributed by atoms with van der Waals surface area (Å²) in [5, 5.41) is 13.0. The molecule has 4 nitrogen and oxygen atoms in total.